The van der Waals surface area contributed by atoms with Crippen LogP contribution in [0.4, 0.5) is 5.69 Å². The van der Waals surface area contributed by atoms with Gasteiger partial charge in [0.25, 0.3) is 0 Å². The lowest BCUT2D eigenvalue weighted by atomic mass is 10.1. The maximum absolute atomic E-state index is 5.81. The minimum absolute atomic E-state index is 0.517. The van der Waals surface area contributed by atoms with Crippen LogP contribution in [0.5, 0.6) is 11.5 Å². The third kappa shape index (κ3) is 5.03. The van der Waals surface area contributed by atoms with Crippen molar-refractivity contribution in [3.05, 3.63) is 89.5 Å². The van der Waals surface area contributed by atoms with E-state index in [9.17, 15) is 0 Å². The van der Waals surface area contributed by atoms with Crippen LogP contribution >= 0.6 is 0 Å². The first kappa shape index (κ1) is 17.9. The van der Waals surface area contributed by atoms with Gasteiger partial charge >= 0.3 is 0 Å². The number of para-hydroxylation sites is 1. The quantitative estimate of drug-likeness (QED) is 0.555. The van der Waals surface area contributed by atoms with Crippen molar-refractivity contribution in [2.24, 2.45) is 0 Å². The smallest absolute Gasteiger partial charge is 0.122 e. The fourth-order valence-electron chi connectivity index (χ4n) is 2.72. The molecule has 0 aliphatic heterocycles. The number of ether oxygens (including phenoxy) is 2. The van der Waals surface area contributed by atoms with Gasteiger partial charge in [0.05, 0.1) is 0 Å². The van der Waals surface area contributed by atoms with Gasteiger partial charge in [0.1, 0.15) is 24.7 Å². The first-order valence-corrected chi connectivity index (χ1v) is 8.92. The van der Waals surface area contributed by atoms with E-state index < -0.39 is 0 Å². The third-order valence-electron chi connectivity index (χ3n) is 4.35. The SMILES string of the molecule is Cc1cccc(NCc2cccc(OCCOc3ccccc3)c2)c1C. The Kier molecular flexibility index (Phi) is 6.15. The second-order valence-corrected chi connectivity index (χ2v) is 6.26. The molecule has 0 radical (unpaired) electrons. The Morgan fingerprint density at radius 1 is 0.731 bits per heavy atom. The second-order valence-electron chi connectivity index (χ2n) is 6.26. The van der Waals surface area contributed by atoms with E-state index >= 15 is 0 Å². The van der Waals surface area contributed by atoms with Crippen molar-refractivity contribution >= 4 is 5.69 Å². The Hall–Kier alpha value is -2.94. The number of hydrogen-bond donors (Lipinski definition) is 1. The molecular weight excluding hydrogens is 322 g/mol. The van der Waals surface area contributed by atoms with Gasteiger partial charge in [-0.1, -0.05) is 42.5 Å². The Bertz CT molecular complexity index is 831. The van der Waals surface area contributed by atoms with Crippen LogP contribution in [0.1, 0.15) is 16.7 Å². The van der Waals surface area contributed by atoms with Gasteiger partial charge in [0.15, 0.2) is 0 Å². The molecule has 3 nitrogen and oxygen atoms in total. The fraction of sp³-hybridized carbons (Fsp3) is 0.217. The van der Waals surface area contributed by atoms with Crippen molar-refractivity contribution in [2.75, 3.05) is 18.5 Å². The van der Waals surface area contributed by atoms with Gasteiger partial charge in [-0.15, -0.1) is 0 Å². The lowest BCUT2D eigenvalue weighted by Crippen LogP contribution is -2.09. The van der Waals surface area contributed by atoms with Gasteiger partial charge in [-0.2, -0.15) is 0 Å². The summed E-state index contributed by atoms with van der Waals surface area (Å²) in [5, 5.41) is 3.51. The van der Waals surface area contributed by atoms with Crippen LogP contribution in [0.3, 0.4) is 0 Å². The molecule has 0 aliphatic rings. The predicted molar refractivity (Wildman–Crippen MR) is 107 cm³/mol. The molecule has 3 heteroatoms. The molecule has 0 bridgehead atoms. The van der Waals surface area contributed by atoms with E-state index in [1.807, 2.05) is 42.5 Å². The number of rotatable bonds is 8. The van der Waals surface area contributed by atoms with Gasteiger partial charge in [-0.05, 0) is 60.9 Å². The van der Waals surface area contributed by atoms with E-state index in [1.54, 1.807) is 0 Å². The molecular formula is C23H25NO2. The van der Waals surface area contributed by atoms with Gasteiger partial charge in [0, 0.05) is 12.2 Å². The molecule has 0 amide bonds. The van der Waals surface area contributed by atoms with E-state index in [0.29, 0.717) is 13.2 Å². The molecule has 3 aromatic rings. The van der Waals surface area contributed by atoms with Crippen molar-refractivity contribution < 1.29 is 9.47 Å². The average molecular weight is 347 g/mol. The highest BCUT2D eigenvalue weighted by Crippen LogP contribution is 2.20. The van der Waals surface area contributed by atoms with Gasteiger partial charge in [0.2, 0.25) is 0 Å². The van der Waals surface area contributed by atoms with Crippen LogP contribution in [0.25, 0.3) is 0 Å². The number of anilines is 1. The molecule has 0 aromatic heterocycles. The van der Waals surface area contributed by atoms with E-state index in [4.69, 9.17) is 9.47 Å². The maximum Gasteiger partial charge on any atom is 0.122 e. The van der Waals surface area contributed by atoms with Crippen molar-refractivity contribution in [1.82, 2.24) is 0 Å². The van der Waals surface area contributed by atoms with Gasteiger partial charge in [-0.25, -0.2) is 0 Å². The summed E-state index contributed by atoms with van der Waals surface area (Å²) in [7, 11) is 0. The van der Waals surface area contributed by atoms with Gasteiger partial charge in [-0.3, -0.25) is 0 Å². The summed E-state index contributed by atoms with van der Waals surface area (Å²) in [4.78, 5) is 0. The summed E-state index contributed by atoms with van der Waals surface area (Å²) < 4.78 is 11.5. The van der Waals surface area contributed by atoms with Crippen LogP contribution in [-0.2, 0) is 6.54 Å². The molecule has 0 atom stereocenters. The Balaban J connectivity index is 1.49. The summed E-state index contributed by atoms with van der Waals surface area (Å²) >= 11 is 0. The summed E-state index contributed by atoms with van der Waals surface area (Å²) in [5.74, 6) is 1.73. The Morgan fingerprint density at radius 3 is 2.23 bits per heavy atom. The first-order valence-electron chi connectivity index (χ1n) is 8.92. The van der Waals surface area contributed by atoms with Crippen molar-refractivity contribution in [1.29, 1.82) is 0 Å². The number of hydrogen-bond acceptors (Lipinski definition) is 3. The largest absolute Gasteiger partial charge is 0.490 e. The topological polar surface area (TPSA) is 30.5 Å². The van der Waals surface area contributed by atoms with Crippen LogP contribution in [0, 0.1) is 13.8 Å². The predicted octanol–water partition coefficient (Wildman–Crippen LogP) is 5.37. The van der Waals surface area contributed by atoms with E-state index in [0.717, 1.165) is 18.0 Å². The van der Waals surface area contributed by atoms with Crippen LogP contribution < -0.4 is 14.8 Å². The zero-order valence-corrected chi connectivity index (χ0v) is 15.4. The molecule has 3 aromatic carbocycles. The molecule has 0 aliphatic carbocycles. The van der Waals surface area contributed by atoms with Crippen molar-refractivity contribution in [3.8, 4) is 11.5 Å². The zero-order chi connectivity index (χ0) is 18.2. The highest BCUT2D eigenvalue weighted by molar-refractivity contribution is 5.54. The second kappa shape index (κ2) is 8.95. The van der Waals surface area contributed by atoms with Crippen molar-refractivity contribution in [3.63, 3.8) is 0 Å². The number of aryl methyl sites for hydroxylation is 1. The minimum Gasteiger partial charge on any atom is -0.490 e. The van der Waals surface area contributed by atoms with E-state index in [1.165, 1.54) is 22.4 Å². The molecule has 0 saturated heterocycles. The molecule has 0 spiro atoms. The minimum atomic E-state index is 0.517. The molecule has 0 fully saturated rings. The standard InChI is InChI=1S/C23H25NO2/c1-18-8-6-13-23(19(18)2)24-17-20-9-7-12-22(16-20)26-15-14-25-21-10-4-3-5-11-21/h3-13,16,24H,14-15,17H2,1-2H3. The van der Waals surface area contributed by atoms with Crippen molar-refractivity contribution in [2.45, 2.75) is 20.4 Å². The normalized spacial score (nSPS) is 10.4. The lowest BCUT2D eigenvalue weighted by molar-refractivity contribution is 0.217. The molecule has 26 heavy (non-hydrogen) atoms. The highest BCUT2D eigenvalue weighted by atomic mass is 16.5. The zero-order valence-electron chi connectivity index (χ0n) is 15.4. The number of benzene rings is 3. The van der Waals surface area contributed by atoms with Crippen LogP contribution in [0.15, 0.2) is 72.8 Å². The summed E-state index contributed by atoms with van der Waals surface area (Å²) in [6.45, 7) is 6.08. The lowest BCUT2D eigenvalue weighted by Gasteiger charge is -2.13. The molecule has 1 N–H and O–H groups in total. The molecule has 0 saturated carbocycles. The Labute approximate surface area is 155 Å². The third-order valence-corrected chi connectivity index (χ3v) is 4.35. The monoisotopic (exact) mass is 347 g/mol. The number of nitrogens with one attached hydrogen (secondary N) is 1. The fourth-order valence-corrected chi connectivity index (χ4v) is 2.72. The molecule has 3 rings (SSSR count). The maximum atomic E-state index is 5.81. The van der Waals surface area contributed by atoms with Gasteiger partial charge < -0.3 is 14.8 Å². The summed E-state index contributed by atoms with van der Waals surface area (Å²) in [5.41, 5.74) is 4.95. The van der Waals surface area contributed by atoms with Crippen LogP contribution in [0.2, 0.25) is 0 Å². The van der Waals surface area contributed by atoms with E-state index in [-0.39, 0.29) is 0 Å². The van der Waals surface area contributed by atoms with Crippen LogP contribution in [-0.4, -0.2) is 13.2 Å². The summed E-state index contributed by atoms with van der Waals surface area (Å²) in [6.07, 6.45) is 0. The summed E-state index contributed by atoms with van der Waals surface area (Å²) in [6, 6.07) is 24.3. The first-order chi connectivity index (χ1) is 12.7. The molecule has 134 valence electrons. The van der Waals surface area contributed by atoms with E-state index in [2.05, 4.69) is 49.5 Å². The average Bonchev–Trinajstić information content (AvgIpc) is 2.68. The molecule has 0 heterocycles. The molecule has 0 unspecified atom stereocenters. The Morgan fingerprint density at radius 2 is 1.42 bits per heavy atom. The highest BCUT2D eigenvalue weighted by Gasteiger charge is 2.02.